The van der Waals surface area contributed by atoms with Gasteiger partial charge in [-0.2, -0.15) is 0 Å². The fourth-order valence-electron chi connectivity index (χ4n) is 5.26. The zero-order valence-electron chi connectivity index (χ0n) is 24.4. The summed E-state index contributed by atoms with van der Waals surface area (Å²) in [5.41, 5.74) is 0.865. The van der Waals surface area contributed by atoms with Crippen LogP contribution in [-0.4, -0.2) is 79.4 Å². The van der Waals surface area contributed by atoms with Gasteiger partial charge in [-0.1, -0.05) is 60.7 Å². The number of carbonyl (C=O) groups is 5. The Balaban J connectivity index is 2.37. The molecular weight excluding hydrogens is 591 g/mol. The number of hydrogen-bond acceptors (Lipinski definition) is 7. The Labute approximate surface area is 253 Å². The number of benzene rings is 3. The van der Waals surface area contributed by atoms with E-state index in [1.807, 2.05) is 0 Å². The molecule has 232 valence electrons. The molecule has 3 aromatic rings. The standard InChI is InChI=1S/C31H33N2O10P/c1-19-24(14-32(16-26(34)35)17-27(36)37)20(2)29(21(3)25(19)15-33(31(41)42)18-28(38)39)30(40)44(43,22-10-6-4-7-11-22)23-12-8-5-9-13-23/h4-13H,14-18H2,1-3H3,(H,34,35)(H,36,37)(H,38,39)(H,41,42). The van der Waals surface area contributed by atoms with Crippen LogP contribution in [-0.2, 0) is 32.0 Å². The van der Waals surface area contributed by atoms with Gasteiger partial charge in [-0.15, -0.1) is 0 Å². The van der Waals surface area contributed by atoms with E-state index < -0.39 is 62.8 Å². The normalized spacial score (nSPS) is 11.3. The van der Waals surface area contributed by atoms with Crippen LogP contribution in [0.1, 0.15) is 38.2 Å². The predicted molar refractivity (Wildman–Crippen MR) is 161 cm³/mol. The number of rotatable bonds is 14. The Bertz CT molecular complexity index is 1580. The van der Waals surface area contributed by atoms with Gasteiger partial charge in [0.1, 0.15) is 6.54 Å². The number of aliphatic carboxylic acids is 3. The molecule has 0 radical (unpaired) electrons. The maximum absolute atomic E-state index is 15.0. The second-order valence-corrected chi connectivity index (χ2v) is 12.9. The highest BCUT2D eigenvalue weighted by atomic mass is 31.2. The molecule has 3 aromatic carbocycles. The largest absolute Gasteiger partial charge is 0.480 e. The van der Waals surface area contributed by atoms with Gasteiger partial charge in [-0.3, -0.25) is 29.0 Å². The molecule has 0 saturated carbocycles. The first kappa shape index (κ1) is 33.7. The summed E-state index contributed by atoms with van der Waals surface area (Å²) in [6.45, 7) is 1.88. The molecular formula is C31H33N2O10P. The average Bonchev–Trinajstić information content (AvgIpc) is 2.96. The van der Waals surface area contributed by atoms with Crippen molar-refractivity contribution in [3.63, 3.8) is 0 Å². The quantitative estimate of drug-likeness (QED) is 0.193. The molecule has 3 rings (SSSR count). The van der Waals surface area contributed by atoms with Gasteiger partial charge in [0.15, 0.2) is 0 Å². The Morgan fingerprint density at radius 1 is 0.614 bits per heavy atom. The van der Waals surface area contributed by atoms with Crippen molar-refractivity contribution in [1.82, 2.24) is 9.80 Å². The highest BCUT2D eigenvalue weighted by Crippen LogP contribution is 2.49. The molecule has 4 N–H and O–H groups in total. The van der Waals surface area contributed by atoms with Crippen LogP contribution >= 0.6 is 7.14 Å². The zero-order valence-corrected chi connectivity index (χ0v) is 25.3. The smallest absolute Gasteiger partial charge is 0.408 e. The lowest BCUT2D eigenvalue weighted by Crippen LogP contribution is -2.36. The number of nitrogens with zero attached hydrogens (tertiary/aromatic N) is 2. The predicted octanol–water partition coefficient (Wildman–Crippen LogP) is 3.30. The second-order valence-electron chi connectivity index (χ2n) is 10.3. The van der Waals surface area contributed by atoms with Crippen LogP contribution in [0.25, 0.3) is 0 Å². The molecule has 12 nitrogen and oxygen atoms in total. The third-order valence-corrected chi connectivity index (χ3v) is 10.2. The van der Waals surface area contributed by atoms with Gasteiger partial charge in [-0.25, -0.2) is 4.79 Å². The molecule has 0 aliphatic carbocycles. The van der Waals surface area contributed by atoms with Crippen molar-refractivity contribution in [3.05, 3.63) is 94.0 Å². The molecule has 0 aliphatic heterocycles. The van der Waals surface area contributed by atoms with E-state index >= 15 is 4.57 Å². The minimum atomic E-state index is -4.07. The Morgan fingerprint density at radius 2 is 1.02 bits per heavy atom. The van der Waals surface area contributed by atoms with Gasteiger partial charge in [0.25, 0.3) is 0 Å². The van der Waals surface area contributed by atoms with Gasteiger partial charge in [0.05, 0.1) is 19.6 Å². The van der Waals surface area contributed by atoms with Crippen LogP contribution in [0, 0.1) is 20.8 Å². The summed E-state index contributed by atoms with van der Waals surface area (Å²) < 4.78 is 15.0. The van der Waals surface area contributed by atoms with Crippen LogP contribution < -0.4 is 10.6 Å². The van der Waals surface area contributed by atoms with Crippen LogP contribution in [0.5, 0.6) is 0 Å². The van der Waals surface area contributed by atoms with Gasteiger partial charge in [0, 0.05) is 22.7 Å². The molecule has 0 fully saturated rings. The lowest BCUT2D eigenvalue weighted by molar-refractivity contribution is -0.142. The summed E-state index contributed by atoms with van der Waals surface area (Å²) in [4.78, 5) is 63.0. The number of amides is 1. The van der Waals surface area contributed by atoms with Gasteiger partial charge in [-0.05, 0) is 48.6 Å². The van der Waals surface area contributed by atoms with Crippen molar-refractivity contribution >= 4 is 47.3 Å². The monoisotopic (exact) mass is 624 g/mol. The Morgan fingerprint density at radius 3 is 1.41 bits per heavy atom. The average molecular weight is 625 g/mol. The first-order valence-corrected chi connectivity index (χ1v) is 15.1. The highest BCUT2D eigenvalue weighted by molar-refractivity contribution is 7.93. The first-order chi connectivity index (χ1) is 20.7. The lowest BCUT2D eigenvalue weighted by Gasteiger charge is -2.29. The van der Waals surface area contributed by atoms with Gasteiger partial charge in [0.2, 0.25) is 12.7 Å². The van der Waals surface area contributed by atoms with Crippen molar-refractivity contribution in [2.24, 2.45) is 0 Å². The first-order valence-electron chi connectivity index (χ1n) is 13.4. The topological polar surface area (TPSA) is 190 Å². The number of hydrogen-bond donors (Lipinski definition) is 4. The van der Waals surface area contributed by atoms with Crippen LogP contribution in [0.3, 0.4) is 0 Å². The second kappa shape index (κ2) is 14.1. The summed E-state index contributed by atoms with van der Waals surface area (Å²) in [7, 11) is -4.07. The molecule has 0 atom stereocenters. The van der Waals surface area contributed by atoms with E-state index in [1.54, 1.807) is 81.4 Å². The summed E-state index contributed by atoms with van der Waals surface area (Å²) in [6.07, 6.45) is -1.53. The molecule has 0 saturated heterocycles. The maximum Gasteiger partial charge on any atom is 0.408 e. The van der Waals surface area contributed by atoms with Crippen molar-refractivity contribution < 1.29 is 49.0 Å². The fourth-order valence-corrected chi connectivity index (χ4v) is 7.86. The summed E-state index contributed by atoms with van der Waals surface area (Å²) in [5.74, 6) is -3.99. The molecule has 0 unspecified atom stereocenters. The van der Waals surface area contributed by atoms with E-state index in [2.05, 4.69) is 0 Å². The lowest BCUT2D eigenvalue weighted by atomic mass is 9.88. The van der Waals surface area contributed by atoms with Crippen molar-refractivity contribution in [2.45, 2.75) is 33.9 Å². The van der Waals surface area contributed by atoms with E-state index in [0.29, 0.717) is 21.6 Å². The Hall–Kier alpha value is -4.80. The zero-order chi connectivity index (χ0) is 32.8. The highest BCUT2D eigenvalue weighted by Gasteiger charge is 2.39. The van der Waals surface area contributed by atoms with Crippen molar-refractivity contribution in [3.8, 4) is 0 Å². The molecule has 13 heteroatoms. The Kier molecular flexibility index (Phi) is 10.8. The summed E-state index contributed by atoms with van der Waals surface area (Å²) >= 11 is 0. The number of carbonyl (C=O) groups excluding carboxylic acids is 1. The van der Waals surface area contributed by atoms with Crippen molar-refractivity contribution in [1.29, 1.82) is 0 Å². The number of carboxylic acids is 3. The van der Waals surface area contributed by atoms with E-state index in [4.69, 9.17) is 0 Å². The molecule has 0 spiro atoms. The van der Waals surface area contributed by atoms with E-state index in [-0.39, 0.29) is 33.8 Å². The SMILES string of the molecule is Cc1c(CN(CC(=O)O)CC(=O)O)c(C)c(C(=O)P(=O)(c2ccccc2)c2ccccc2)c(C)c1CN(CC(=O)O)C(=O)O. The summed E-state index contributed by atoms with van der Waals surface area (Å²) in [5, 5.41) is 38.4. The minimum Gasteiger partial charge on any atom is -0.480 e. The molecule has 0 bridgehead atoms. The molecule has 0 heterocycles. The van der Waals surface area contributed by atoms with E-state index in [1.165, 1.54) is 0 Å². The fraction of sp³-hybridized carbons (Fsp3) is 0.258. The van der Waals surface area contributed by atoms with Crippen LogP contribution in [0.2, 0.25) is 0 Å². The van der Waals surface area contributed by atoms with Crippen LogP contribution in [0.15, 0.2) is 60.7 Å². The maximum atomic E-state index is 15.0. The summed E-state index contributed by atoms with van der Waals surface area (Å²) in [6, 6.07) is 16.3. The third kappa shape index (κ3) is 7.39. The number of carboxylic acid groups (broad SMARTS) is 4. The van der Waals surface area contributed by atoms with Crippen molar-refractivity contribution in [2.75, 3.05) is 19.6 Å². The molecule has 0 aliphatic rings. The molecule has 0 aromatic heterocycles. The molecule has 44 heavy (non-hydrogen) atoms. The van der Waals surface area contributed by atoms with E-state index in [9.17, 15) is 44.4 Å². The van der Waals surface area contributed by atoms with Gasteiger partial charge < -0.3 is 25.0 Å². The minimum absolute atomic E-state index is 0.00269. The van der Waals surface area contributed by atoms with Gasteiger partial charge >= 0.3 is 24.0 Å². The molecule has 1 amide bonds. The third-order valence-electron chi connectivity index (χ3n) is 7.35. The van der Waals surface area contributed by atoms with E-state index in [0.717, 1.165) is 4.90 Å². The van der Waals surface area contributed by atoms with Crippen LogP contribution in [0.4, 0.5) is 4.79 Å².